The van der Waals surface area contributed by atoms with Gasteiger partial charge in [-0.1, -0.05) is 12.1 Å². The standard InChI is InChI=1S/C21H23N3O3/c1-16-5-2-3-14-23(16)19-11-9-18(10-12-19)22-21(25)13-8-17-6-4-7-20(15-17)24(26)27/h4,6-13,15-16H,2-3,5,14H2,1H3,(H,22,25)/b13-8+/t16-/m1/s1. The van der Waals surface area contributed by atoms with Gasteiger partial charge < -0.3 is 10.2 Å². The summed E-state index contributed by atoms with van der Waals surface area (Å²) in [5.41, 5.74) is 2.50. The number of rotatable bonds is 5. The lowest BCUT2D eigenvalue weighted by atomic mass is 10.0. The molecule has 1 heterocycles. The smallest absolute Gasteiger partial charge is 0.270 e. The molecule has 0 radical (unpaired) electrons. The second-order valence-corrected chi connectivity index (χ2v) is 6.76. The van der Waals surface area contributed by atoms with E-state index in [1.807, 2.05) is 24.3 Å². The average molecular weight is 365 g/mol. The summed E-state index contributed by atoms with van der Waals surface area (Å²) in [5.74, 6) is -0.277. The van der Waals surface area contributed by atoms with E-state index in [0.29, 0.717) is 11.6 Å². The molecule has 2 aromatic rings. The number of nitro benzene ring substituents is 1. The predicted octanol–water partition coefficient (Wildman–Crippen LogP) is 4.63. The van der Waals surface area contributed by atoms with E-state index in [-0.39, 0.29) is 11.6 Å². The van der Waals surface area contributed by atoms with E-state index in [2.05, 4.69) is 17.1 Å². The highest BCUT2D eigenvalue weighted by Gasteiger charge is 2.18. The number of hydrogen-bond donors (Lipinski definition) is 1. The average Bonchev–Trinajstić information content (AvgIpc) is 2.68. The van der Waals surface area contributed by atoms with Gasteiger partial charge in [0.1, 0.15) is 0 Å². The predicted molar refractivity (Wildman–Crippen MR) is 108 cm³/mol. The first kappa shape index (κ1) is 18.6. The maximum atomic E-state index is 12.1. The molecule has 0 unspecified atom stereocenters. The van der Waals surface area contributed by atoms with Crippen molar-refractivity contribution in [3.8, 4) is 0 Å². The van der Waals surface area contributed by atoms with Crippen LogP contribution in [0.1, 0.15) is 31.7 Å². The Morgan fingerprint density at radius 1 is 1.22 bits per heavy atom. The lowest BCUT2D eigenvalue weighted by molar-refractivity contribution is -0.384. The van der Waals surface area contributed by atoms with E-state index in [0.717, 1.165) is 12.2 Å². The van der Waals surface area contributed by atoms with Gasteiger partial charge in [-0.15, -0.1) is 0 Å². The molecule has 0 bridgehead atoms. The number of anilines is 2. The molecule has 6 nitrogen and oxygen atoms in total. The molecule has 3 rings (SSSR count). The van der Waals surface area contributed by atoms with Gasteiger partial charge in [0.05, 0.1) is 4.92 Å². The number of nitro groups is 1. The molecule has 6 heteroatoms. The molecule has 27 heavy (non-hydrogen) atoms. The molecule has 1 aliphatic heterocycles. The van der Waals surface area contributed by atoms with Crippen molar-refractivity contribution in [1.82, 2.24) is 0 Å². The van der Waals surface area contributed by atoms with Crippen LogP contribution in [0.5, 0.6) is 0 Å². The van der Waals surface area contributed by atoms with Crippen molar-refractivity contribution in [1.29, 1.82) is 0 Å². The summed E-state index contributed by atoms with van der Waals surface area (Å²) in [7, 11) is 0. The van der Waals surface area contributed by atoms with E-state index in [1.54, 1.807) is 18.2 Å². The molecular formula is C21H23N3O3. The fourth-order valence-corrected chi connectivity index (χ4v) is 3.32. The van der Waals surface area contributed by atoms with Gasteiger partial charge in [0.2, 0.25) is 5.91 Å². The van der Waals surface area contributed by atoms with Gasteiger partial charge in [0, 0.05) is 42.2 Å². The van der Waals surface area contributed by atoms with E-state index >= 15 is 0 Å². The molecule has 0 spiro atoms. The topological polar surface area (TPSA) is 75.5 Å². The maximum Gasteiger partial charge on any atom is 0.270 e. The van der Waals surface area contributed by atoms with Crippen LogP contribution >= 0.6 is 0 Å². The van der Waals surface area contributed by atoms with E-state index in [9.17, 15) is 14.9 Å². The van der Waals surface area contributed by atoms with Crippen molar-refractivity contribution in [3.05, 3.63) is 70.3 Å². The minimum Gasteiger partial charge on any atom is -0.369 e. The Hall–Kier alpha value is -3.15. The third kappa shape index (κ3) is 4.94. The number of hydrogen-bond acceptors (Lipinski definition) is 4. The molecule has 2 aromatic carbocycles. The van der Waals surface area contributed by atoms with Crippen molar-refractivity contribution in [2.45, 2.75) is 32.2 Å². The molecule has 0 aromatic heterocycles. The summed E-state index contributed by atoms with van der Waals surface area (Å²) in [6.45, 7) is 3.31. The summed E-state index contributed by atoms with van der Waals surface area (Å²) in [6.07, 6.45) is 6.64. The Balaban J connectivity index is 1.61. The van der Waals surface area contributed by atoms with Crippen molar-refractivity contribution >= 4 is 29.0 Å². The largest absolute Gasteiger partial charge is 0.369 e. The fourth-order valence-electron chi connectivity index (χ4n) is 3.32. The number of non-ortho nitro benzene ring substituents is 1. The number of amides is 1. The third-order valence-electron chi connectivity index (χ3n) is 4.78. The summed E-state index contributed by atoms with van der Waals surface area (Å²) in [6, 6.07) is 14.5. The van der Waals surface area contributed by atoms with Crippen LogP contribution in [0.4, 0.5) is 17.1 Å². The second-order valence-electron chi connectivity index (χ2n) is 6.76. The van der Waals surface area contributed by atoms with Crippen molar-refractivity contribution in [2.24, 2.45) is 0 Å². The first-order valence-electron chi connectivity index (χ1n) is 9.13. The van der Waals surface area contributed by atoms with Crippen LogP contribution in [0.2, 0.25) is 0 Å². The SMILES string of the molecule is C[C@@H]1CCCCN1c1ccc(NC(=O)/C=C/c2cccc([N+](=O)[O-])c2)cc1. The Labute approximate surface area is 158 Å². The summed E-state index contributed by atoms with van der Waals surface area (Å²) in [5, 5.41) is 13.6. The number of nitrogens with one attached hydrogen (secondary N) is 1. The van der Waals surface area contributed by atoms with Crippen LogP contribution in [-0.4, -0.2) is 23.4 Å². The highest BCUT2D eigenvalue weighted by Crippen LogP contribution is 2.25. The molecule has 0 aliphatic carbocycles. The lowest BCUT2D eigenvalue weighted by Crippen LogP contribution is -2.37. The molecule has 1 N–H and O–H groups in total. The minimum absolute atomic E-state index is 0.0000815. The Morgan fingerprint density at radius 2 is 2.00 bits per heavy atom. The Morgan fingerprint density at radius 3 is 2.70 bits per heavy atom. The molecule has 140 valence electrons. The van der Waals surface area contributed by atoms with Crippen LogP contribution in [0, 0.1) is 10.1 Å². The fraction of sp³-hybridized carbons (Fsp3) is 0.286. The third-order valence-corrected chi connectivity index (χ3v) is 4.78. The molecular weight excluding hydrogens is 342 g/mol. The number of piperidine rings is 1. The molecule has 1 amide bonds. The number of nitrogens with zero attached hydrogens (tertiary/aromatic N) is 2. The maximum absolute atomic E-state index is 12.1. The van der Waals surface area contributed by atoms with Crippen molar-refractivity contribution < 1.29 is 9.72 Å². The highest BCUT2D eigenvalue weighted by molar-refractivity contribution is 6.02. The van der Waals surface area contributed by atoms with Gasteiger partial charge >= 0.3 is 0 Å². The molecule has 1 saturated heterocycles. The van der Waals surface area contributed by atoms with Gasteiger partial charge in [-0.25, -0.2) is 0 Å². The normalized spacial score (nSPS) is 17.1. The molecule has 1 atom stereocenters. The zero-order chi connectivity index (χ0) is 19.2. The van der Waals surface area contributed by atoms with E-state index in [1.165, 1.54) is 43.2 Å². The first-order chi connectivity index (χ1) is 13.0. The quantitative estimate of drug-likeness (QED) is 0.476. The van der Waals surface area contributed by atoms with Gasteiger partial charge in [-0.3, -0.25) is 14.9 Å². The van der Waals surface area contributed by atoms with E-state index in [4.69, 9.17) is 0 Å². The molecule has 1 fully saturated rings. The monoisotopic (exact) mass is 365 g/mol. The van der Waals surface area contributed by atoms with E-state index < -0.39 is 4.92 Å². The second kappa shape index (κ2) is 8.49. The number of benzene rings is 2. The zero-order valence-corrected chi connectivity index (χ0v) is 15.3. The van der Waals surface area contributed by atoms with Crippen LogP contribution < -0.4 is 10.2 Å². The van der Waals surface area contributed by atoms with Gasteiger partial charge in [-0.05, 0) is 62.1 Å². The minimum atomic E-state index is -0.456. The Bertz CT molecular complexity index is 846. The van der Waals surface area contributed by atoms with Gasteiger partial charge in [0.25, 0.3) is 5.69 Å². The van der Waals surface area contributed by atoms with Crippen LogP contribution in [0.25, 0.3) is 6.08 Å². The summed E-state index contributed by atoms with van der Waals surface area (Å²) >= 11 is 0. The van der Waals surface area contributed by atoms with Gasteiger partial charge in [0.15, 0.2) is 0 Å². The summed E-state index contributed by atoms with van der Waals surface area (Å²) < 4.78 is 0. The van der Waals surface area contributed by atoms with Crippen molar-refractivity contribution in [3.63, 3.8) is 0 Å². The molecule has 0 saturated carbocycles. The number of carbonyl (C=O) groups is 1. The van der Waals surface area contributed by atoms with Crippen LogP contribution in [0.3, 0.4) is 0 Å². The molecule has 1 aliphatic rings. The highest BCUT2D eigenvalue weighted by atomic mass is 16.6. The zero-order valence-electron chi connectivity index (χ0n) is 15.3. The van der Waals surface area contributed by atoms with Crippen LogP contribution in [0.15, 0.2) is 54.6 Å². The van der Waals surface area contributed by atoms with Crippen LogP contribution in [-0.2, 0) is 4.79 Å². The van der Waals surface area contributed by atoms with Gasteiger partial charge in [-0.2, -0.15) is 0 Å². The summed E-state index contributed by atoms with van der Waals surface area (Å²) in [4.78, 5) is 24.8. The number of carbonyl (C=O) groups excluding carboxylic acids is 1. The van der Waals surface area contributed by atoms with Crippen molar-refractivity contribution in [2.75, 3.05) is 16.8 Å². The lowest BCUT2D eigenvalue weighted by Gasteiger charge is -2.35. The Kier molecular flexibility index (Phi) is 5.86. The first-order valence-corrected chi connectivity index (χ1v) is 9.13.